The van der Waals surface area contributed by atoms with Crippen molar-refractivity contribution in [3.63, 3.8) is 0 Å². The van der Waals surface area contributed by atoms with Gasteiger partial charge in [0.1, 0.15) is 12.4 Å². The Balaban J connectivity index is 1.35. The number of allylic oxidation sites excluding steroid dienone is 2. The van der Waals surface area contributed by atoms with Crippen molar-refractivity contribution in [3.05, 3.63) is 77.4 Å². The fourth-order valence-corrected chi connectivity index (χ4v) is 3.85. The van der Waals surface area contributed by atoms with Crippen molar-refractivity contribution in [2.75, 3.05) is 0 Å². The van der Waals surface area contributed by atoms with E-state index < -0.39 is 0 Å². The van der Waals surface area contributed by atoms with Crippen molar-refractivity contribution in [1.82, 2.24) is 0 Å². The lowest BCUT2D eigenvalue weighted by molar-refractivity contribution is -0.150. The highest BCUT2D eigenvalue weighted by atomic mass is 16.5. The number of hydrogen-bond donors (Lipinski definition) is 1. The van der Waals surface area contributed by atoms with Gasteiger partial charge in [0.15, 0.2) is 5.78 Å². The molecule has 0 aliphatic heterocycles. The quantitative estimate of drug-likeness (QED) is 0.506. The number of fused-ring (bicyclic) bond motifs is 2. The van der Waals surface area contributed by atoms with E-state index in [1.54, 1.807) is 24.3 Å². The zero-order chi connectivity index (χ0) is 18.1. The van der Waals surface area contributed by atoms with E-state index in [1.165, 1.54) is 12.1 Å². The Hall–Kier alpha value is -2.88. The molecule has 132 valence electrons. The molecule has 1 fully saturated rings. The van der Waals surface area contributed by atoms with Crippen LogP contribution in [0, 0.1) is 17.8 Å². The van der Waals surface area contributed by atoms with Crippen LogP contribution in [0.2, 0.25) is 0 Å². The average Bonchev–Trinajstić information content (AvgIpc) is 3.30. The summed E-state index contributed by atoms with van der Waals surface area (Å²) in [6, 6.07) is 13.3. The first-order chi connectivity index (χ1) is 12.6. The smallest absolute Gasteiger partial charge is 0.309 e. The summed E-state index contributed by atoms with van der Waals surface area (Å²) in [7, 11) is 0. The summed E-state index contributed by atoms with van der Waals surface area (Å²) in [5.74, 6) is 0.791. The van der Waals surface area contributed by atoms with Gasteiger partial charge in [0.05, 0.1) is 5.92 Å². The second-order valence-corrected chi connectivity index (χ2v) is 7.07. The molecule has 4 heteroatoms. The molecule has 3 unspecified atom stereocenters. The summed E-state index contributed by atoms with van der Waals surface area (Å²) in [5, 5.41) is 9.31. The number of rotatable bonds is 5. The van der Waals surface area contributed by atoms with Crippen molar-refractivity contribution < 1.29 is 19.4 Å². The third-order valence-electron chi connectivity index (χ3n) is 5.31. The molecule has 2 bridgehead atoms. The van der Waals surface area contributed by atoms with Crippen LogP contribution in [-0.2, 0) is 16.1 Å². The minimum Gasteiger partial charge on any atom is -0.508 e. The molecular weight excluding hydrogens is 328 g/mol. The molecule has 0 heterocycles. The van der Waals surface area contributed by atoms with Crippen LogP contribution in [0.5, 0.6) is 5.75 Å². The standard InChI is InChI=1S/C22H20O4/c23-19-9-7-17(8-10-19)21(24)16-4-1-14(2-5-16)13-26-22(25)20-12-15-3-6-18(20)11-15/h1-10,15,18,20,23H,11-13H2. The van der Waals surface area contributed by atoms with Crippen molar-refractivity contribution in [2.45, 2.75) is 19.4 Å². The van der Waals surface area contributed by atoms with Gasteiger partial charge < -0.3 is 9.84 Å². The Kier molecular flexibility index (Phi) is 4.33. The van der Waals surface area contributed by atoms with Gasteiger partial charge in [-0.15, -0.1) is 0 Å². The third-order valence-corrected chi connectivity index (χ3v) is 5.31. The van der Waals surface area contributed by atoms with Gasteiger partial charge in [-0.3, -0.25) is 9.59 Å². The van der Waals surface area contributed by atoms with Crippen molar-refractivity contribution >= 4 is 11.8 Å². The zero-order valence-corrected chi connectivity index (χ0v) is 14.3. The molecule has 26 heavy (non-hydrogen) atoms. The summed E-state index contributed by atoms with van der Waals surface area (Å²) in [4.78, 5) is 24.7. The number of esters is 1. The Labute approximate surface area is 152 Å². The van der Waals surface area contributed by atoms with E-state index in [9.17, 15) is 14.7 Å². The van der Waals surface area contributed by atoms with Crippen LogP contribution in [-0.4, -0.2) is 16.9 Å². The second-order valence-electron chi connectivity index (χ2n) is 7.07. The van der Waals surface area contributed by atoms with Crippen LogP contribution in [0.3, 0.4) is 0 Å². The van der Waals surface area contributed by atoms with Crippen LogP contribution >= 0.6 is 0 Å². The van der Waals surface area contributed by atoms with E-state index in [0.29, 0.717) is 23.0 Å². The molecule has 1 N–H and O–H groups in total. The topological polar surface area (TPSA) is 63.6 Å². The van der Waals surface area contributed by atoms with Gasteiger partial charge >= 0.3 is 5.97 Å². The number of aromatic hydroxyl groups is 1. The summed E-state index contributed by atoms with van der Waals surface area (Å²) in [6.07, 6.45) is 6.33. The molecule has 2 aliphatic carbocycles. The van der Waals surface area contributed by atoms with Crippen LogP contribution in [0.25, 0.3) is 0 Å². The molecule has 4 rings (SSSR count). The lowest BCUT2D eigenvalue weighted by atomic mass is 9.94. The Bertz CT molecular complexity index is 849. The first-order valence-electron chi connectivity index (χ1n) is 8.88. The van der Waals surface area contributed by atoms with Crippen molar-refractivity contribution in [2.24, 2.45) is 17.8 Å². The second kappa shape index (κ2) is 6.79. The molecule has 0 spiro atoms. The molecule has 0 amide bonds. The largest absolute Gasteiger partial charge is 0.508 e. The summed E-state index contributed by atoms with van der Waals surface area (Å²) >= 11 is 0. The van der Waals surface area contributed by atoms with Gasteiger partial charge in [-0.1, -0.05) is 36.4 Å². The first kappa shape index (κ1) is 16.6. The van der Waals surface area contributed by atoms with Gasteiger partial charge in [0.25, 0.3) is 0 Å². The van der Waals surface area contributed by atoms with Crippen molar-refractivity contribution in [1.29, 1.82) is 0 Å². The van der Waals surface area contributed by atoms with Gasteiger partial charge in [0, 0.05) is 11.1 Å². The highest BCUT2D eigenvalue weighted by Gasteiger charge is 2.40. The number of benzene rings is 2. The molecule has 2 aliphatic rings. The molecule has 1 saturated carbocycles. The molecule has 2 aromatic carbocycles. The number of ether oxygens (including phenoxy) is 1. The summed E-state index contributed by atoms with van der Waals surface area (Å²) in [5.41, 5.74) is 1.94. The van der Waals surface area contributed by atoms with E-state index in [0.717, 1.165) is 18.4 Å². The molecule has 0 saturated heterocycles. The van der Waals surface area contributed by atoms with E-state index in [4.69, 9.17) is 4.74 Å². The number of ketones is 1. The molecule has 0 aromatic heterocycles. The third kappa shape index (κ3) is 3.27. The number of phenols is 1. The average molecular weight is 348 g/mol. The maximum Gasteiger partial charge on any atom is 0.309 e. The maximum atomic E-state index is 12.4. The van der Waals surface area contributed by atoms with E-state index in [2.05, 4.69) is 12.2 Å². The van der Waals surface area contributed by atoms with Crippen molar-refractivity contribution in [3.8, 4) is 5.75 Å². The van der Waals surface area contributed by atoms with E-state index in [-0.39, 0.29) is 30.0 Å². The highest BCUT2D eigenvalue weighted by molar-refractivity contribution is 6.09. The summed E-state index contributed by atoms with van der Waals surface area (Å²) < 4.78 is 5.48. The first-order valence-corrected chi connectivity index (χ1v) is 8.88. The highest BCUT2D eigenvalue weighted by Crippen LogP contribution is 2.43. The van der Waals surface area contributed by atoms with Gasteiger partial charge in [0.2, 0.25) is 0 Å². The predicted molar refractivity (Wildman–Crippen MR) is 96.6 cm³/mol. The maximum absolute atomic E-state index is 12.4. The van der Waals surface area contributed by atoms with Gasteiger partial charge in [-0.05, 0) is 54.5 Å². The molecule has 0 radical (unpaired) electrons. The number of carbonyl (C=O) groups excluding carboxylic acids is 2. The zero-order valence-electron chi connectivity index (χ0n) is 14.3. The number of hydrogen-bond acceptors (Lipinski definition) is 4. The Morgan fingerprint density at radius 3 is 2.15 bits per heavy atom. The molecule has 4 nitrogen and oxygen atoms in total. The number of carbonyl (C=O) groups is 2. The fraction of sp³-hybridized carbons (Fsp3) is 0.273. The van der Waals surface area contributed by atoms with E-state index in [1.807, 2.05) is 12.1 Å². The van der Waals surface area contributed by atoms with Crippen LogP contribution in [0.4, 0.5) is 0 Å². The fourth-order valence-electron chi connectivity index (χ4n) is 3.85. The van der Waals surface area contributed by atoms with Crippen LogP contribution in [0.15, 0.2) is 60.7 Å². The molecular formula is C22H20O4. The lowest BCUT2D eigenvalue weighted by Crippen LogP contribution is -2.21. The Morgan fingerprint density at radius 1 is 0.923 bits per heavy atom. The Morgan fingerprint density at radius 2 is 1.58 bits per heavy atom. The summed E-state index contributed by atoms with van der Waals surface area (Å²) in [6.45, 7) is 0.226. The normalized spacial score (nSPS) is 23.2. The van der Waals surface area contributed by atoms with Crippen LogP contribution in [0.1, 0.15) is 34.3 Å². The predicted octanol–water partition coefficient (Wildman–Crippen LogP) is 3.88. The van der Waals surface area contributed by atoms with Gasteiger partial charge in [-0.2, -0.15) is 0 Å². The monoisotopic (exact) mass is 348 g/mol. The molecule has 2 aromatic rings. The number of phenolic OH excluding ortho intramolecular Hbond substituents is 1. The van der Waals surface area contributed by atoms with Crippen LogP contribution < -0.4 is 0 Å². The minimum absolute atomic E-state index is 0.000322. The minimum atomic E-state index is -0.119. The lowest BCUT2D eigenvalue weighted by Gasteiger charge is -2.16. The molecule has 3 atom stereocenters. The SMILES string of the molecule is O=C(c1ccc(O)cc1)c1ccc(COC(=O)C2CC3C=CC2C3)cc1. The van der Waals surface area contributed by atoms with Gasteiger partial charge in [-0.25, -0.2) is 0 Å². The van der Waals surface area contributed by atoms with E-state index >= 15 is 0 Å².